The highest BCUT2D eigenvalue weighted by Gasteiger charge is 2.16. The Hall–Kier alpha value is -1.88. The van der Waals surface area contributed by atoms with Crippen LogP contribution in [0.3, 0.4) is 0 Å². The predicted octanol–water partition coefficient (Wildman–Crippen LogP) is 3.00. The van der Waals surface area contributed by atoms with Gasteiger partial charge in [-0.3, -0.25) is 9.69 Å². The summed E-state index contributed by atoms with van der Waals surface area (Å²) in [5.41, 5.74) is 2.91. The van der Waals surface area contributed by atoms with Crippen LogP contribution in [0.2, 0.25) is 0 Å². The number of hydrogen-bond acceptors (Lipinski definition) is 3. The van der Waals surface area contributed by atoms with Gasteiger partial charge in [0, 0.05) is 19.2 Å². The number of likely N-dealkylation sites (tertiary alicyclic amines) is 1. The lowest BCUT2D eigenvalue weighted by Gasteiger charge is -2.26. The van der Waals surface area contributed by atoms with E-state index in [4.69, 9.17) is 4.98 Å². The number of rotatable bonds is 4. The first-order valence-electron chi connectivity index (χ1n) is 8.16. The van der Waals surface area contributed by atoms with E-state index in [0.717, 1.165) is 35.6 Å². The topological polar surface area (TPSA) is 50.2 Å². The average molecular weight is 300 g/mol. The molecule has 1 aliphatic rings. The maximum Gasteiger partial charge on any atom is 0.221 e. The van der Waals surface area contributed by atoms with Gasteiger partial charge in [0.15, 0.2) is 0 Å². The van der Waals surface area contributed by atoms with Gasteiger partial charge in [-0.25, -0.2) is 4.98 Å². The number of carbonyl (C=O) groups is 1. The number of benzene rings is 1. The molecule has 1 aromatic carbocycles. The van der Waals surface area contributed by atoms with Gasteiger partial charge in [0.25, 0.3) is 0 Å². The normalized spacial score (nSPS) is 16.1. The molecule has 1 N–H and O–H groups in total. The number of carbonyl (C=O) groups excluding carboxylic acids is 1. The van der Waals surface area contributed by atoms with E-state index in [9.17, 15) is 4.79 Å². The quantitative estimate of drug-likeness (QED) is 0.944. The maximum absolute atomic E-state index is 11.2. The van der Waals surface area contributed by atoms with E-state index in [2.05, 4.69) is 27.8 Å². The van der Waals surface area contributed by atoms with Gasteiger partial charge in [-0.2, -0.15) is 0 Å². The Kier molecular flexibility index (Phi) is 4.43. The summed E-state index contributed by atoms with van der Waals surface area (Å²) in [6, 6.07) is 5.96. The van der Waals surface area contributed by atoms with Gasteiger partial charge in [0.1, 0.15) is 5.82 Å². The lowest BCUT2D eigenvalue weighted by Crippen LogP contribution is -2.30. The minimum Gasteiger partial charge on any atom is -0.327 e. The SMILES string of the molecule is CCn1c(CN2CCCCC2)nc2cc(NC(C)=O)ccc21. The Bertz CT molecular complexity index is 671. The lowest BCUT2D eigenvalue weighted by molar-refractivity contribution is -0.114. The minimum absolute atomic E-state index is 0.0529. The van der Waals surface area contributed by atoms with E-state index in [0.29, 0.717) is 0 Å². The monoisotopic (exact) mass is 300 g/mol. The molecule has 0 bridgehead atoms. The molecule has 0 atom stereocenters. The van der Waals surface area contributed by atoms with Crippen molar-refractivity contribution in [3.05, 3.63) is 24.0 Å². The van der Waals surface area contributed by atoms with E-state index in [1.54, 1.807) is 0 Å². The summed E-state index contributed by atoms with van der Waals surface area (Å²) in [4.78, 5) is 18.5. The second kappa shape index (κ2) is 6.48. The number of imidazole rings is 1. The molecule has 5 nitrogen and oxygen atoms in total. The molecule has 5 heteroatoms. The van der Waals surface area contributed by atoms with E-state index < -0.39 is 0 Å². The molecule has 2 aromatic rings. The summed E-state index contributed by atoms with van der Waals surface area (Å²) in [5.74, 6) is 1.07. The van der Waals surface area contributed by atoms with Gasteiger partial charge in [-0.15, -0.1) is 0 Å². The standard InChI is InChI=1S/C17H24N4O/c1-3-21-16-8-7-14(18-13(2)22)11-15(16)19-17(21)12-20-9-5-4-6-10-20/h7-8,11H,3-6,9-10,12H2,1-2H3,(H,18,22). The van der Waals surface area contributed by atoms with Gasteiger partial charge in [0.2, 0.25) is 5.91 Å². The fourth-order valence-electron chi connectivity index (χ4n) is 3.25. The summed E-state index contributed by atoms with van der Waals surface area (Å²) in [7, 11) is 0. The van der Waals surface area contributed by atoms with Crippen molar-refractivity contribution >= 4 is 22.6 Å². The van der Waals surface area contributed by atoms with Crippen molar-refractivity contribution in [3.63, 3.8) is 0 Å². The van der Waals surface area contributed by atoms with E-state index in [1.807, 2.05) is 12.1 Å². The Morgan fingerprint density at radius 3 is 2.73 bits per heavy atom. The fraction of sp³-hybridized carbons (Fsp3) is 0.529. The first kappa shape index (κ1) is 15.0. The number of aryl methyl sites for hydroxylation is 1. The third kappa shape index (κ3) is 3.14. The summed E-state index contributed by atoms with van der Waals surface area (Å²) < 4.78 is 2.28. The highest BCUT2D eigenvalue weighted by Crippen LogP contribution is 2.22. The highest BCUT2D eigenvalue weighted by atomic mass is 16.1. The molecule has 118 valence electrons. The van der Waals surface area contributed by atoms with E-state index >= 15 is 0 Å². The van der Waals surface area contributed by atoms with Crippen LogP contribution in [0.25, 0.3) is 11.0 Å². The fourth-order valence-corrected chi connectivity index (χ4v) is 3.25. The predicted molar refractivity (Wildman–Crippen MR) is 88.8 cm³/mol. The van der Waals surface area contributed by atoms with Gasteiger partial charge >= 0.3 is 0 Å². The van der Waals surface area contributed by atoms with Crippen LogP contribution in [-0.4, -0.2) is 33.4 Å². The van der Waals surface area contributed by atoms with Crippen LogP contribution < -0.4 is 5.32 Å². The third-order valence-corrected chi connectivity index (χ3v) is 4.28. The number of amides is 1. The molecule has 0 aliphatic carbocycles. The Balaban J connectivity index is 1.90. The molecular weight excluding hydrogens is 276 g/mol. The van der Waals surface area contributed by atoms with Gasteiger partial charge in [-0.05, 0) is 51.1 Å². The van der Waals surface area contributed by atoms with Crippen LogP contribution in [0.15, 0.2) is 18.2 Å². The average Bonchev–Trinajstić information content (AvgIpc) is 2.83. The molecule has 3 rings (SSSR count). The molecule has 2 heterocycles. The smallest absolute Gasteiger partial charge is 0.221 e. The van der Waals surface area contributed by atoms with Crippen LogP contribution in [0.4, 0.5) is 5.69 Å². The molecule has 0 spiro atoms. The molecule has 1 aliphatic heterocycles. The number of piperidine rings is 1. The van der Waals surface area contributed by atoms with Crippen LogP contribution in [0.5, 0.6) is 0 Å². The van der Waals surface area contributed by atoms with Crippen LogP contribution >= 0.6 is 0 Å². The Morgan fingerprint density at radius 2 is 2.05 bits per heavy atom. The van der Waals surface area contributed by atoms with Crippen molar-refractivity contribution < 1.29 is 4.79 Å². The summed E-state index contributed by atoms with van der Waals surface area (Å²) >= 11 is 0. The zero-order chi connectivity index (χ0) is 15.5. The zero-order valence-electron chi connectivity index (χ0n) is 13.4. The van der Waals surface area contributed by atoms with Gasteiger partial charge in [-0.1, -0.05) is 6.42 Å². The van der Waals surface area contributed by atoms with Crippen LogP contribution in [-0.2, 0) is 17.9 Å². The molecule has 22 heavy (non-hydrogen) atoms. The number of nitrogens with zero attached hydrogens (tertiary/aromatic N) is 3. The number of hydrogen-bond donors (Lipinski definition) is 1. The molecule has 1 aromatic heterocycles. The third-order valence-electron chi connectivity index (χ3n) is 4.28. The lowest BCUT2D eigenvalue weighted by atomic mass is 10.1. The van der Waals surface area contributed by atoms with Crippen molar-refractivity contribution in [2.45, 2.75) is 46.2 Å². The number of nitrogens with one attached hydrogen (secondary N) is 1. The van der Waals surface area contributed by atoms with E-state index in [1.165, 1.54) is 39.3 Å². The van der Waals surface area contributed by atoms with Crippen molar-refractivity contribution in [1.29, 1.82) is 0 Å². The Morgan fingerprint density at radius 1 is 1.27 bits per heavy atom. The van der Waals surface area contributed by atoms with Crippen molar-refractivity contribution in [2.75, 3.05) is 18.4 Å². The molecule has 0 unspecified atom stereocenters. The molecule has 0 saturated carbocycles. The second-order valence-electron chi connectivity index (χ2n) is 5.99. The molecule has 1 amide bonds. The Labute approximate surface area is 131 Å². The summed E-state index contributed by atoms with van der Waals surface area (Å²) in [6.07, 6.45) is 3.93. The van der Waals surface area contributed by atoms with Crippen molar-refractivity contribution in [1.82, 2.24) is 14.5 Å². The molecular formula is C17H24N4O. The van der Waals surface area contributed by atoms with Crippen LogP contribution in [0.1, 0.15) is 38.9 Å². The van der Waals surface area contributed by atoms with Crippen molar-refractivity contribution in [2.24, 2.45) is 0 Å². The maximum atomic E-state index is 11.2. The molecule has 0 radical (unpaired) electrons. The van der Waals surface area contributed by atoms with E-state index in [-0.39, 0.29) is 5.91 Å². The number of fused-ring (bicyclic) bond motifs is 1. The number of aromatic nitrogens is 2. The highest BCUT2D eigenvalue weighted by molar-refractivity contribution is 5.91. The first-order valence-corrected chi connectivity index (χ1v) is 8.16. The minimum atomic E-state index is -0.0529. The van der Waals surface area contributed by atoms with Crippen molar-refractivity contribution in [3.8, 4) is 0 Å². The largest absolute Gasteiger partial charge is 0.327 e. The zero-order valence-corrected chi connectivity index (χ0v) is 13.4. The van der Waals surface area contributed by atoms with Gasteiger partial charge in [0.05, 0.1) is 17.6 Å². The van der Waals surface area contributed by atoms with Gasteiger partial charge < -0.3 is 9.88 Å². The molecule has 1 saturated heterocycles. The molecule has 1 fully saturated rings. The summed E-state index contributed by atoms with van der Waals surface area (Å²) in [6.45, 7) is 7.85. The first-order chi connectivity index (χ1) is 10.7. The van der Waals surface area contributed by atoms with Crippen LogP contribution in [0, 0.1) is 0 Å². The summed E-state index contributed by atoms with van der Waals surface area (Å²) in [5, 5.41) is 2.83. The second-order valence-corrected chi connectivity index (χ2v) is 5.99. The number of anilines is 1.